The zero-order chi connectivity index (χ0) is 15.5. The van der Waals surface area contributed by atoms with E-state index >= 15 is 0 Å². The van der Waals surface area contributed by atoms with Crippen LogP contribution >= 0.6 is 11.6 Å². The molecule has 1 fully saturated rings. The van der Waals surface area contributed by atoms with Crippen LogP contribution in [0.1, 0.15) is 12.0 Å². The van der Waals surface area contributed by atoms with E-state index in [0.29, 0.717) is 17.2 Å². The second-order valence-corrected chi connectivity index (χ2v) is 5.71. The summed E-state index contributed by atoms with van der Waals surface area (Å²) in [6, 6.07) is 7.80. The van der Waals surface area contributed by atoms with E-state index < -0.39 is 0 Å². The summed E-state index contributed by atoms with van der Waals surface area (Å²) in [5.41, 5.74) is 2.31. The van der Waals surface area contributed by atoms with E-state index in [-0.39, 0.29) is 6.10 Å². The van der Waals surface area contributed by atoms with Gasteiger partial charge in [-0.1, -0.05) is 17.7 Å². The van der Waals surface area contributed by atoms with E-state index in [2.05, 4.69) is 22.5 Å². The van der Waals surface area contributed by atoms with E-state index in [4.69, 9.17) is 16.3 Å². The van der Waals surface area contributed by atoms with Crippen molar-refractivity contribution in [2.45, 2.75) is 12.5 Å². The third kappa shape index (κ3) is 2.78. The van der Waals surface area contributed by atoms with Crippen LogP contribution in [0.25, 0.3) is 10.9 Å². The smallest absolute Gasteiger partial charge is 0.103 e. The minimum Gasteiger partial charge on any atom is -0.372 e. The molecule has 0 bridgehead atoms. The third-order valence-electron chi connectivity index (χ3n) is 3.83. The number of fused-ring (bicyclic) bond motifs is 1. The summed E-state index contributed by atoms with van der Waals surface area (Å²) in [6.07, 6.45) is 4.48. The van der Waals surface area contributed by atoms with Gasteiger partial charge < -0.3 is 9.64 Å². The van der Waals surface area contributed by atoms with Gasteiger partial charge in [0.25, 0.3) is 0 Å². The summed E-state index contributed by atoms with van der Waals surface area (Å²) in [6.45, 7) is 5.83. The molecule has 1 aliphatic rings. The van der Waals surface area contributed by atoms with Crippen LogP contribution in [0.4, 0.5) is 5.69 Å². The first-order chi connectivity index (χ1) is 10.7. The highest BCUT2D eigenvalue weighted by Crippen LogP contribution is 2.33. The van der Waals surface area contributed by atoms with Gasteiger partial charge in [0, 0.05) is 29.7 Å². The molecule has 1 aliphatic heterocycles. The predicted octanol–water partition coefficient (Wildman–Crippen LogP) is 3.54. The Morgan fingerprint density at radius 1 is 1.55 bits per heavy atom. The molecule has 112 valence electrons. The molecule has 5 heteroatoms. The summed E-state index contributed by atoms with van der Waals surface area (Å²) in [7, 11) is 0. The molecular formula is C17H16ClN3O. The molecule has 0 amide bonds. The number of aromatic nitrogens is 1. The molecule has 1 saturated heterocycles. The second kappa shape index (κ2) is 6.35. The van der Waals surface area contributed by atoms with Crippen molar-refractivity contribution in [2.24, 2.45) is 0 Å². The van der Waals surface area contributed by atoms with Crippen molar-refractivity contribution in [3.63, 3.8) is 0 Å². The molecule has 4 nitrogen and oxygen atoms in total. The second-order valence-electron chi connectivity index (χ2n) is 5.27. The molecule has 0 radical (unpaired) electrons. The van der Waals surface area contributed by atoms with Crippen molar-refractivity contribution in [1.29, 1.82) is 5.26 Å². The van der Waals surface area contributed by atoms with Gasteiger partial charge in [0.05, 0.1) is 29.5 Å². The molecule has 1 unspecified atom stereocenters. The number of pyridine rings is 1. The lowest BCUT2D eigenvalue weighted by Gasteiger charge is -2.21. The van der Waals surface area contributed by atoms with Crippen LogP contribution in [0.15, 0.2) is 37.1 Å². The van der Waals surface area contributed by atoms with Gasteiger partial charge >= 0.3 is 0 Å². The highest BCUT2D eigenvalue weighted by Gasteiger charge is 2.26. The lowest BCUT2D eigenvalue weighted by molar-refractivity contribution is 0.0909. The average Bonchev–Trinajstić information content (AvgIpc) is 3.00. The standard InChI is InChI=1S/C17H16ClN3O/c1-2-7-22-14-5-6-21(11-14)17-12(9-19)10-20-16-4-3-13(18)8-15(16)17/h2-4,8,10,14H,1,5-7,11H2. The molecule has 22 heavy (non-hydrogen) atoms. The van der Waals surface area contributed by atoms with E-state index in [0.717, 1.165) is 36.1 Å². The maximum Gasteiger partial charge on any atom is 0.103 e. The first kappa shape index (κ1) is 14.8. The molecule has 0 saturated carbocycles. The van der Waals surface area contributed by atoms with E-state index in [9.17, 15) is 5.26 Å². The highest BCUT2D eigenvalue weighted by atomic mass is 35.5. The van der Waals surface area contributed by atoms with Crippen molar-refractivity contribution in [2.75, 3.05) is 24.6 Å². The summed E-state index contributed by atoms with van der Waals surface area (Å²) in [5.74, 6) is 0. The molecule has 2 aromatic rings. The van der Waals surface area contributed by atoms with Crippen molar-refractivity contribution in [1.82, 2.24) is 4.98 Å². The number of rotatable bonds is 4. The van der Waals surface area contributed by atoms with Crippen LogP contribution in [0, 0.1) is 11.3 Å². The number of benzene rings is 1. The van der Waals surface area contributed by atoms with Crippen LogP contribution in [-0.4, -0.2) is 30.8 Å². The van der Waals surface area contributed by atoms with Crippen LogP contribution in [0.2, 0.25) is 5.02 Å². The van der Waals surface area contributed by atoms with Gasteiger partial charge in [-0.05, 0) is 24.6 Å². The van der Waals surface area contributed by atoms with Gasteiger partial charge in [-0.2, -0.15) is 5.26 Å². The number of hydrogen-bond donors (Lipinski definition) is 0. The Morgan fingerprint density at radius 2 is 2.41 bits per heavy atom. The molecule has 1 aromatic carbocycles. The van der Waals surface area contributed by atoms with Gasteiger partial charge in [0.2, 0.25) is 0 Å². The molecule has 1 atom stereocenters. The first-order valence-electron chi connectivity index (χ1n) is 7.18. The number of nitriles is 1. The van der Waals surface area contributed by atoms with E-state index in [1.807, 2.05) is 18.2 Å². The van der Waals surface area contributed by atoms with Gasteiger partial charge in [0.1, 0.15) is 6.07 Å². The van der Waals surface area contributed by atoms with Gasteiger partial charge in [-0.3, -0.25) is 4.98 Å². The van der Waals surface area contributed by atoms with E-state index in [1.165, 1.54) is 0 Å². The average molecular weight is 314 g/mol. The van der Waals surface area contributed by atoms with Crippen molar-refractivity contribution in [3.05, 3.63) is 47.6 Å². The Kier molecular flexibility index (Phi) is 4.28. The zero-order valence-electron chi connectivity index (χ0n) is 12.1. The van der Waals surface area contributed by atoms with Crippen LogP contribution in [0.3, 0.4) is 0 Å². The largest absolute Gasteiger partial charge is 0.372 e. The van der Waals surface area contributed by atoms with Crippen molar-refractivity contribution < 1.29 is 4.74 Å². The summed E-state index contributed by atoms with van der Waals surface area (Å²) >= 11 is 6.13. The normalized spacial score (nSPS) is 17.6. The fourth-order valence-electron chi connectivity index (χ4n) is 2.84. The molecule has 0 spiro atoms. The fourth-order valence-corrected chi connectivity index (χ4v) is 3.02. The number of nitrogens with zero attached hydrogens (tertiary/aromatic N) is 3. The first-order valence-corrected chi connectivity index (χ1v) is 7.56. The van der Waals surface area contributed by atoms with Crippen LogP contribution in [-0.2, 0) is 4.74 Å². The van der Waals surface area contributed by atoms with Crippen LogP contribution < -0.4 is 4.90 Å². The SMILES string of the molecule is C=CCOC1CCN(c2c(C#N)cnc3ccc(Cl)cc23)C1. The molecule has 3 rings (SSSR count). The number of anilines is 1. The third-order valence-corrected chi connectivity index (χ3v) is 4.07. The minimum atomic E-state index is 0.159. The molecule has 0 aliphatic carbocycles. The Bertz CT molecular complexity index is 753. The Balaban J connectivity index is 2.00. The zero-order valence-corrected chi connectivity index (χ0v) is 12.9. The molecular weight excluding hydrogens is 298 g/mol. The van der Waals surface area contributed by atoms with Crippen molar-refractivity contribution in [3.8, 4) is 6.07 Å². The molecule has 0 N–H and O–H groups in total. The summed E-state index contributed by atoms with van der Waals surface area (Å²) in [4.78, 5) is 6.53. The quantitative estimate of drug-likeness (QED) is 0.810. The lowest BCUT2D eigenvalue weighted by atomic mass is 10.1. The van der Waals surface area contributed by atoms with Crippen molar-refractivity contribution >= 4 is 28.2 Å². The maximum absolute atomic E-state index is 9.42. The Hall–Kier alpha value is -2.09. The monoisotopic (exact) mass is 313 g/mol. The molecule has 1 aromatic heterocycles. The summed E-state index contributed by atoms with van der Waals surface area (Å²) < 4.78 is 5.73. The minimum absolute atomic E-state index is 0.159. The van der Waals surface area contributed by atoms with Crippen LogP contribution in [0.5, 0.6) is 0 Å². The number of ether oxygens (including phenoxy) is 1. The predicted molar refractivity (Wildman–Crippen MR) is 88.2 cm³/mol. The number of halogens is 1. The fraction of sp³-hybridized carbons (Fsp3) is 0.294. The maximum atomic E-state index is 9.42. The lowest BCUT2D eigenvalue weighted by Crippen LogP contribution is -2.24. The highest BCUT2D eigenvalue weighted by molar-refractivity contribution is 6.31. The van der Waals surface area contributed by atoms with Gasteiger partial charge in [0.15, 0.2) is 0 Å². The van der Waals surface area contributed by atoms with E-state index in [1.54, 1.807) is 12.3 Å². The molecule has 2 heterocycles. The summed E-state index contributed by atoms with van der Waals surface area (Å²) in [5, 5.41) is 11.0. The Morgan fingerprint density at radius 3 is 3.18 bits per heavy atom. The Labute approximate surface area is 134 Å². The van der Waals surface area contributed by atoms with Gasteiger partial charge in [-0.15, -0.1) is 6.58 Å². The topological polar surface area (TPSA) is 49.1 Å². The number of hydrogen-bond acceptors (Lipinski definition) is 4. The van der Waals surface area contributed by atoms with Gasteiger partial charge in [-0.25, -0.2) is 0 Å².